The van der Waals surface area contributed by atoms with Crippen LogP contribution in [0, 0.1) is 0 Å². The highest BCUT2D eigenvalue weighted by Crippen LogP contribution is 2.46. The zero-order valence-corrected chi connectivity index (χ0v) is 35.1. The fourth-order valence-electron chi connectivity index (χ4n) is 10.6. The van der Waals surface area contributed by atoms with Crippen molar-refractivity contribution in [1.82, 2.24) is 9.97 Å². The molecule has 0 saturated carbocycles. The van der Waals surface area contributed by atoms with Gasteiger partial charge in [0.15, 0.2) is 5.82 Å². The van der Waals surface area contributed by atoms with Crippen molar-refractivity contribution in [2.24, 2.45) is 0 Å². The molecule has 0 saturated heterocycles. The van der Waals surface area contributed by atoms with Crippen LogP contribution in [-0.4, -0.2) is 9.97 Å². The lowest BCUT2D eigenvalue weighted by atomic mass is 9.86. The van der Waals surface area contributed by atoms with E-state index in [4.69, 9.17) is 14.4 Å². The van der Waals surface area contributed by atoms with Crippen molar-refractivity contribution >= 4 is 86.4 Å². The van der Waals surface area contributed by atoms with Crippen LogP contribution in [0.4, 0.5) is 0 Å². The largest absolute Gasteiger partial charge is 0.456 e. The van der Waals surface area contributed by atoms with Gasteiger partial charge in [-0.25, -0.2) is 9.97 Å². The molecule has 0 aliphatic heterocycles. The molecule has 14 rings (SSSR count). The number of rotatable bonds is 5. The Hall–Kier alpha value is -8.66. The lowest BCUT2D eigenvalue weighted by Crippen LogP contribution is -1.97. The third kappa shape index (κ3) is 5.56. The summed E-state index contributed by atoms with van der Waals surface area (Å²) in [4.78, 5) is 10.5. The molecule has 0 N–H and O–H groups in total. The van der Waals surface area contributed by atoms with E-state index in [-0.39, 0.29) is 0 Å². The molecule has 12 aromatic carbocycles. The van der Waals surface area contributed by atoms with E-state index in [1.807, 2.05) is 36.4 Å². The first-order valence-corrected chi connectivity index (χ1v) is 22.2. The molecule has 0 spiro atoms. The van der Waals surface area contributed by atoms with E-state index in [9.17, 15) is 0 Å². The topological polar surface area (TPSA) is 38.9 Å². The molecule has 0 aliphatic rings. The minimum absolute atomic E-state index is 0.679. The average Bonchev–Trinajstić information content (AvgIpc) is 3.82. The van der Waals surface area contributed by atoms with Crippen molar-refractivity contribution in [3.05, 3.63) is 218 Å². The number of benzene rings is 11. The van der Waals surface area contributed by atoms with Crippen molar-refractivity contribution in [3.63, 3.8) is 0 Å². The van der Waals surface area contributed by atoms with Gasteiger partial charge in [-0.3, -0.25) is 0 Å². The van der Waals surface area contributed by atoms with Crippen molar-refractivity contribution in [2.75, 3.05) is 0 Å². The van der Waals surface area contributed by atoms with Gasteiger partial charge in [0, 0.05) is 27.6 Å². The number of para-hydroxylation sites is 1. The Bertz CT molecular complexity index is 4200. The Balaban J connectivity index is 0.995. The average molecular weight is 825 g/mol. The van der Waals surface area contributed by atoms with Gasteiger partial charge in [0.25, 0.3) is 0 Å². The molecule has 0 amide bonds. The summed E-state index contributed by atoms with van der Waals surface area (Å²) in [7, 11) is 0. The minimum atomic E-state index is 0.679. The van der Waals surface area contributed by atoms with E-state index in [2.05, 4.69) is 182 Å². The van der Waals surface area contributed by atoms with E-state index in [0.29, 0.717) is 5.82 Å². The summed E-state index contributed by atoms with van der Waals surface area (Å²) in [5.74, 6) is 1.51. The Kier molecular flexibility index (Phi) is 7.69. The SMILES string of the molecule is c1ccc(-c2nc(-c3cccc(-c4cc5ccccc5o4)c3)cc(-c3ccc(-c4cc5ccc6cccc7c8cccc9ccc%10cccc(c(c4)c5c67)c%10c98)c4ccccc34)n2)cc1. The van der Waals surface area contributed by atoms with Gasteiger partial charge in [-0.2, -0.15) is 0 Å². The molecule has 14 aromatic rings. The highest BCUT2D eigenvalue weighted by molar-refractivity contribution is 6.37. The van der Waals surface area contributed by atoms with Gasteiger partial charge in [-0.05, 0) is 123 Å². The summed E-state index contributed by atoms with van der Waals surface area (Å²) >= 11 is 0. The first kappa shape index (κ1) is 35.9. The van der Waals surface area contributed by atoms with Crippen LogP contribution in [-0.2, 0) is 0 Å². The summed E-state index contributed by atoms with van der Waals surface area (Å²) < 4.78 is 6.31. The maximum absolute atomic E-state index is 6.31. The second-order valence-electron chi connectivity index (χ2n) is 17.2. The van der Waals surface area contributed by atoms with Gasteiger partial charge in [-0.15, -0.1) is 0 Å². The molecule has 0 aliphatic carbocycles. The van der Waals surface area contributed by atoms with Crippen LogP contribution in [0.1, 0.15) is 0 Å². The predicted octanol–water partition coefficient (Wildman–Crippen LogP) is 17.1. The molecule has 0 bridgehead atoms. The van der Waals surface area contributed by atoms with E-state index < -0.39 is 0 Å². The van der Waals surface area contributed by atoms with Crippen LogP contribution >= 0.6 is 0 Å². The van der Waals surface area contributed by atoms with E-state index in [0.717, 1.165) is 55.8 Å². The van der Waals surface area contributed by atoms with E-state index >= 15 is 0 Å². The fourth-order valence-corrected chi connectivity index (χ4v) is 10.6. The van der Waals surface area contributed by atoms with Crippen LogP contribution in [0.2, 0.25) is 0 Å². The Labute approximate surface area is 373 Å². The third-order valence-corrected chi connectivity index (χ3v) is 13.6. The quantitative estimate of drug-likeness (QED) is 0.162. The standard InChI is InChI=1S/C62H36N2O/c1-2-12-40(13-3-1)62-63-54(41-18-8-19-42(32-41)57-35-43-14-4-7-25-56(43)65-57)36-55(64-62)49-31-30-46(47-20-5-6-21-48(47)49)45-33-44-29-28-39-16-10-23-51-50-22-9-15-37-26-27-38-17-11-24-52(60(38)58(37)50)53(34-45)61(44)59(39)51/h1-36H. The molecule has 300 valence electrons. The van der Waals surface area contributed by atoms with Crippen molar-refractivity contribution in [3.8, 4) is 56.4 Å². The highest BCUT2D eigenvalue weighted by atomic mass is 16.3. The number of fused-ring (bicyclic) bond motifs is 4. The summed E-state index contributed by atoms with van der Waals surface area (Å²) in [5.41, 5.74) is 8.95. The lowest BCUT2D eigenvalue weighted by molar-refractivity contribution is 0.631. The van der Waals surface area contributed by atoms with Crippen LogP contribution in [0.3, 0.4) is 0 Å². The van der Waals surface area contributed by atoms with Gasteiger partial charge in [0.05, 0.1) is 11.4 Å². The zero-order valence-electron chi connectivity index (χ0n) is 35.1. The molecule has 0 fully saturated rings. The maximum Gasteiger partial charge on any atom is 0.160 e. The van der Waals surface area contributed by atoms with E-state index in [1.165, 1.54) is 81.1 Å². The zero-order chi connectivity index (χ0) is 42.6. The van der Waals surface area contributed by atoms with Crippen molar-refractivity contribution < 1.29 is 4.42 Å². The molecule has 0 radical (unpaired) electrons. The molecule has 2 aromatic heterocycles. The Morgan fingerprint density at radius 3 is 1.52 bits per heavy atom. The van der Waals surface area contributed by atoms with Gasteiger partial charge < -0.3 is 4.42 Å². The minimum Gasteiger partial charge on any atom is -0.456 e. The Morgan fingerprint density at radius 1 is 0.277 bits per heavy atom. The predicted molar refractivity (Wildman–Crippen MR) is 273 cm³/mol. The van der Waals surface area contributed by atoms with Crippen LogP contribution in [0.5, 0.6) is 0 Å². The second-order valence-corrected chi connectivity index (χ2v) is 17.2. The summed E-state index contributed by atoms with van der Waals surface area (Å²) in [6.07, 6.45) is 0. The van der Waals surface area contributed by atoms with Crippen molar-refractivity contribution in [1.29, 1.82) is 0 Å². The molecule has 0 atom stereocenters. The molecule has 3 heteroatoms. The first-order valence-electron chi connectivity index (χ1n) is 22.2. The van der Waals surface area contributed by atoms with Crippen LogP contribution in [0.15, 0.2) is 223 Å². The maximum atomic E-state index is 6.31. The monoisotopic (exact) mass is 824 g/mol. The van der Waals surface area contributed by atoms with Crippen LogP contribution < -0.4 is 0 Å². The number of hydrogen-bond donors (Lipinski definition) is 0. The summed E-state index contributed by atoms with van der Waals surface area (Å²) in [6.45, 7) is 0. The lowest BCUT2D eigenvalue weighted by Gasteiger charge is -2.18. The normalized spacial score (nSPS) is 12.0. The number of hydrogen-bond acceptors (Lipinski definition) is 3. The molecule has 2 heterocycles. The fraction of sp³-hybridized carbons (Fsp3) is 0. The second kappa shape index (κ2) is 13.9. The smallest absolute Gasteiger partial charge is 0.160 e. The summed E-state index contributed by atoms with van der Waals surface area (Å²) in [6, 6.07) is 78.8. The number of furan rings is 1. The van der Waals surface area contributed by atoms with Gasteiger partial charge in [0.1, 0.15) is 11.3 Å². The number of nitrogens with zero attached hydrogens (tertiary/aromatic N) is 2. The van der Waals surface area contributed by atoms with E-state index in [1.54, 1.807) is 0 Å². The molecule has 65 heavy (non-hydrogen) atoms. The molecular weight excluding hydrogens is 789 g/mol. The molecule has 3 nitrogen and oxygen atoms in total. The van der Waals surface area contributed by atoms with Crippen LogP contribution in [0.25, 0.3) is 143 Å². The Morgan fingerprint density at radius 2 is 0.800 bits per heavy atom. The van der Waals surface area contributed by atoms with Gasteiger partial charge in [-0.1, -0.05) is 182 Å². The van der Waals surface area contributed by atoms with Crippen molar-refractivity contribution in [2.45, 2.75) is 0 Å². The molecular formula is C62H36N2O. The summed E-state index contributed by atoms with van der Waals surface area (Å²) in [5, 5.41) is 18.7. The first-order chi connectivity index (χ1) is 32.2. The third-order valence-electron chi connectivity index (χ3n) is 13.6. The van der Waals surface area contributed by atoms with Gasteiger partial charge >= 0.3 is 0 Å². The molecule has 0 unspecified atom stereocenters. The highest BCUT2D eigenvalue weighted by Gasteiger charge is 2.19. The van der Waals surface area contributed by atoms with Gasteiger partial charge in [0.2, 0.25) is 0 Å². The number of aromatic nitrogens is 2.